The molecule has 0 aliphatic rings. The Labute approximate surface area is 98.2 Å². The summed E-state index contributed by atoms with van der Waals surface area (Å²) in [5, 5.41) is 3.57. The Morgan fingerprint density at radius 1 is 1.38 bits per heavy atom. The summed E-state index contributed by atoms with van der Waals surface area (Å²) >= 11 is 0. The molecule has 2 atom stereocenters. The lowest BCUT2D eigenvalue weighted by atomic mass is 10.0. The monoisotopic (exact) mass is 222 g/mol. The Morgan fingerprint density at radius 2 is 2.12 bits per heavy atom. The van der Waals surface area contributed by atoms with Gasteiger partial charge in [-0.1, -0.05) is 19.9 Å². The van der Waals surface area contributed by atoms with E-state index in [4.69, 9.17) is 4.74 Å². The number of hydrogen-bond acceptors (Lipinski definition) is 3. The molecule has 0 aromatic carbocycles. The van der Waals surface area contributed by atoms with Crippen LogP contribution in [-0.2, 0) is 4.74 Å². The van der Waals surface area contributed by atoms with Crippen LogP contribution in [0.3, 0.4) is 0 Å². The van der Waals surface area contributed by atoms with E-state index in [0.29, 0.717) is 18.0 Å². The Hall–Kier alpha value is -0.930. The zero-order chi connectivity index (χ0) is 12.0. The van der Waals surface area contributed by atoms with Crippen molar-refractivity contribution in [2.24, 2.45) is 5.92 Å². The highest BCUT2D eigenvalue weighted by Gasteiger charge is 2.16. The summed E-state index contributed by atoms with van der Waals surface area (Å²) in [6.45, 7) is 7.30. The Balaban J connectivity index is 2.58. The average Bonchev–Trinajstić information content (AvgIpc) is 2.29. The summed E-state index contributed by atoms with van der Waals surface area (Å²) in [5.74, 6) is 0.555. The van der Waals surface area contributed by atoms with Crippen molar-refractivity contribution < 1.29 is 4.74 Å². The fourth-order valence-electron chi connectivity index (χ4n) is 1.66. The number of aromatic nitrogens is 1. The molecule has 0 bridgehead atoms. The summed E-state index contributed by atoms with van der Waals surface area (Å²) in [6, 6.07) is 4.74. The van der Waals surface area contributed by atoms with E-state index in [1.807, 2.05) is 12.3 Å². The molecule has 16 heavy (non-hydrogen) atoms. The smallest absolute Gasteiger partial charge is 0.0618 e. The second-order valence-corrected chi connectivity index (χ2v) is 4.48. The van der Waals surface area contributed by atoms with Gasteiger partial charge in [0.05, 0.1) is 6.61 Å². The highest BCUT2D eigenvalue weighted by molar-refractivity contribution is 5.13. The van der Waals surface area contributed by atoms with E-state index in [0.717, 1.165) is 6.61 Å². The van der Waals surface area contributed by atoms with Gasteiger partial charge in [-0.2, -0.15) is 0 Å². The second-order valence-electron chi connectivity index (χ2n) is 4.48. The van der Waals surface area contributed by atoms with E-state index >= 15 is 0 Å². The lowest BCUT2D eigenvalue weighted by Gasteiger charge is -2.25. The Bertz CT molecular complexity index is 287. The molecular weight excluding hydrogens is 200 g/mol. The van der Waals surface area contributed by atoms with Crippen LogP contribution in [0.2, 0.25) is 0 Å². The summed E-state index contributed by atoms with van der Waals surface area (Å²) in [5.41, 5.74) is 1.21. The molecule has 0 aliphatic carbocycles. The van der Waals surface area contributed by atoms with Crippen LogP contribution < -0.4 is 5.32 Å². The fourth-order valence-corrected chi connectivity index (χ4v) is 1.66. The third-order valence-electron chi connectivity index (χ3n) is 2.80. The van der Waals surface area contributed by atoms with Crippen molar-refractivity contribution in [1.29, 1.82) is 0 Å². The van der Waals surface area contributed by atoms with Crippen molar-refractivity contribution >= 4 is 0 Å². The molecule has 3 nitrogen and oxygen atoms in total. The maximum absolute atomic E-state index is 5.22. The van der Waals surface area contributed by atoms with Crippen molar-refractivity contribution in [1.82, 2.24) is 10.3 Å². The van der Waals surface area contributed by atoms with Crippen molar-refractivity contribution in [2.45, 2.75) is 32.9 Å². The van der Waals surface area contributed by atoms with E-state index < -0.39 is 0 Å². The molecule has 0 saturated carbocycles. The highest BCUT2D eigenvalue weighted by atomic mass is 16.5. The number of rotatable bonds is 6. The summed E-state index contributed by atoms with van der Waals surface area (Å²) < 4.78 is 5.22. The second kappa shape index (κ2) is 6.61. The molecule has 0 saturated heterocycles. The number of nitrogens with zero attached hydrogens (tertiary/aromatic N) is 1. The number of hydrogen-bond donors (Lipinski definition) is 1. The van der Waals surface area contributed by atoms with Gasteiger partial charge in [0, 0.05) is 31.6 Å². The Kier molecular flexibility index (Phi) is 5.43. The SMILES string of the molecule is COCC(N[C@H](C)c1cccnc1)C(C)C. The molecule has 0 amide bonds. The first-order chi connectivity index (χ1) is 7.65. The molecule has 0 aliphatic heterocycles. The molecular formula is C13H22N2O. The average molecular weight is 222 g/mol. The van der Waals surface area contributed by atoms with Gasteiger partial charge in [-0.15, -0.1) is 0 Å². The van der Waals surface area contributed by atoms with E-state index in [-0.39, 0.29) is 0 Å². The van der Waals surface area contributed by atoms with E-state index in [9.17, 15) is 0 Å². The van der Waals surface area contributed by atoms with Gasteiger partial charge in [0.2, 0.25) is 0 Å². The van der Waals surface area contributed by atoms with Crippen molar-refractivity contribution in [3.8, 4) is 0 Å². The van der Waals surface area contributed by atoms with E-state index in [1.54, 1.807) is 13.3 Å². The Morgan fingerprint density at radius 3 is 2.62 bits per heavy atom. The van der Waals surface area contributed by atoms with E-state index in [1.165, 1.54) is 5.56 Å². The van der Waals surface area contributed by atoms with Crippen LogP contribution >= 0.6 is 0 Å². The van der Waals surface area contributed by atoms with Crippen LogP contribution in [0.5, 0.6) is 0 Å². The lowest BCUT2D eigenvalue weighted by molar-refractivity contribution is 0.141. The minimum Gasteiger partial charge on any atom is -0.383 e. The van der Waals surface area contributed by atoms with Gasteiger partial charge < -0.3 is 10.1 Å². The molecule has 0 fully saturated rings. The summed E-state index contributed by atoms with van der Waals surface area (Å²) in [7, 11) is 1.74. The molecule has 0 radical (unpaired) electrons. The molecule has 1 aromatic rings. The minimum absolute atomic E-state index is 0.302. The van der Waals surface area contributed by atoms with Crippen molar-refractivity contribution in [3.05, 3.63) is 30.1 Å². The first-order valence-electron chi connectivity index (χ1n) is 5.80. The van der Waals surface area contributed by atoms with Gasteiger partial charge in [0.25, 0.3) is 0 Å². The third kappa shape index (κ3) is 3.91. The molecule has 0 spiro atoms. The summed E-state index contributed by atoms with van der Waals surface area (Å²) in [4.78, 5) is 4.13. The predicted molar refractivity (Wildman–Crippen MR) is 66.3 cm³/mol. The van der Waals surface area contributed by atoms with Gasteiger partial charge in [0.15, 0.2) is 0 Å². The normalized spacial score (nSPS) is 15.1. The van der Waals surface area contributed by atoms with Crippen LogP contribution in [0, 0.1) is 5.92 Å². The third-order valence-corrected chi connectivity index (χ3v) is 2.80. The zero-order valence-electron chi connectivity index (χ0n) is 10.6. The summed E-state index contributed by atoms with van der Waals surface area (Å²) in [6.07, 6.45) is 3.70. The highest BCUT2D eigenvalue weighted by Crippen LogP contribution is 2.13. The van der Waals surface area contributed by atoms with Crippen LogP contribution in [0.4, 0.5) is 0 Å². The molecule has 90 valence electrons. The van der Waals surface area contributed by atoms with Crippen LogP contribution in [0.25, 0.3) is 0 Å². The van der Waals surface area contributed by atoms with Gasteiger partial charge in [-0.3, -0.25) is 4.98 Å². The zero-order valence-corrected chi connectivity index (χ0v) is 10.6. The molecule has 1 rings (SSSR count). The number of ether oxygens (including phenoxy) is 1. The van der Waals surface area contributed by atoms with Gasteiger partial charge >= 0.3 is 0 Å². The first-order valence-corrected chi connectivity index (χ1v) is 5.80. The molecule has 1 heterocycles. The maximum atomic E-state index is 5.22. The van der Waals surface area contributed by atoms with Crippen molar-refractivity contribution in [2.75, 3.05) is 13.7 Å². The molecule has 1 unspecified atom stereocenters. The predicted octanol–water partition coefficient (Wildman–Crippen LogP) is 2.40. The van der Waals surface area contributed by atoms with Gasteiger partial charge in [-0.05, 0) is 24.5 Å². The topological polar surface area (TPSA) is 34.1 Å². The van der Waals surface area contributed by atoms with Gasteiger partial charge in [0.1, 0.15) is 0 Å². The molecule has 1 aromatic heterocycles. The van der Waals surface area contributed by atoms with Crippen LogP contribution in [0.1, 0.15) is 32.4 Å². The van der Waals surface area contributed by atoms with Crippen molar-refractivity contribution in [3.63, 3.8) is 0 Å². The number of methoxy groups -OCH3 is 1. The number of nitrogens with one attached hydrogen (secondary N) is 1. The van der Waals surface area contributed by atoms with Crippen LogP contribution in [0.15, 0.2) is 24.5 Å². The quantitative estimate of drug-likeness (QED) is 0.802. The number of pyridine rings is 1. The standard InChI is InChI=1S/C13H22N2O/c1-10(2)13(9-16-4)15-11(3)12-6-5-7-14-8-12/h5-8,10-11,13,15H,9H2,1-4H3/t11-,13?/m1/s1. The lowest BCUT2D eigenvalue weighted by Crippen LogP contribution is -2.39. The maximum Gasteiger partial charge on any atom is 0.0618 e. The van der Waals surface area contributed by atoms with E-state index in [2.05, 4.69) is 37.1 Å². The van der Waals surface area contributed by atoms with Crippen LogP contribution in [-0.4, -0.2) is 24.7 Å². The van der Waals surface area contributed by atoms with Gasteiger partial charge in [-0.25, -0.2) is 0 Å². The fraction of sp³-hybridized carbons (Fsp3) is 0.615. The molecule has 1 N–H and O–H groups in total. The minimum atomic E-state index is 0.302. The first kappa shape index (κ1) is 13.1. The largest absolute Gasteiger partial charge is 0.383 e. The molecule has 3 heteroatoms.